The molecule has 7 nitrogen and oxygen atoms in total. The molecule has 0 atom stereocenters. The molecule has 0 saturated heterocycles. The van der Waals surface area contributed by atoms with Gasteiger partial charge in [0, 0.05) is 11.4 Å². The van der Waals surface area contributed by atoms with Crippen LogP contribution in [0.3, 0.4) is 0 Å². The van der Waals surface area contributed by atoms with Gasteiger partial charge in [-0.05, 0) is 51.4 Å². The number of aliphatic imine (C=N–C) groups is 2. The molecular formula is C17H25N5O2. The first-order valence-corrected chi connectivity index (χ1v) is 9.09. The summed E-state index contributed by atoms with van der Waals surface area (Å²) in [7, 11) is 0. The largest absolute Gasteiger partial charge is 0.359 e. The number of nitro groups is 1. The van der Waals surface area contributed by atoms with Gasteiger partial charge in [-0.25, -0.2) is 9.98 Å². The van der Waals surface area contributed by atoms with Gasteiger partial charge in [0.15, 0.2) is 0 Å². The molecule has 2 aliphatic carbocycles. The number of hydrogen-bond acceptors (Lipinski definition) is 5. The number of nitrogens with one attached hydrogen (secondary N) is 1. The Morgan fingerprint density at radius 1 is 0.833 bits per heavy atom. The first-order valence-electron chi connectivity index (χ1n) is 9.09. The van der Waals surface area contributed by atoms with Crippen LogP contribution in [0.25, 0.3) is 0 Å². The number of H-pyrrole nitrogens is 1. The molecule has 0 unspecified atom stereocenters. The van der Waals surface area contributed by atoms with Crippen LogP contribution in [0.4, 0.5) is 17.3 Å². The van der Waals surface area contributed by atoms with Gasteiger partial charge in [-0.1, -0.05) is 25.7 Å². The molecule has 0 aliphatic heterocycles. The molecule has 1 aromatic heterocycles. The van der Waals surface area contributed by atoms with Crippen LogP contribution in [0.2, 0.25) is 0 Å². The Balaban J connectivity index is 1.88. The van der Waals surface area contributed by atoms with Crippen molar-refractivity contribution in [3.8, 4) is 0 Å². The van der Waals surface area contributed by atoms with E-state index in [1.165, 1.54) is 25.7 Å². The summed E-state index contributed by atoms with van der Waals surface area (Å²) in [5.41, 5.74) is 1.98. The van der Waals surface area contributed by atoms with E-state index in [1.807, 2.05) is 0 Å². The second-order valence-corrected chi connectivity index (χ2v) is 6.69. The molecule has 7 heteroatoms. The summed E-state index contributed by atoms with van der Waals surface area (Å²) in [4.78, 5) is 20.1. The molecule has 2 fully saturated rings. The van der Waals surface area contributed by atoms with Crippen LogP contribution < -0.4 is 0 Å². The van der Waals surface area contributed by atoms with E-state index in [1.54, 1.807) is 0 Å². The topological polar surface area (TPSA) is 96.5 Å². The van der Waals surface area contributed by atoms with Gasteiger partial charge in [-0.15, -0.1) is 5.10 Å². The number of nitrogens with zero attached hydrogens (tertiary/aromatic N) is 4. The zero-order valence-electron chi connectivity index (χ0n) is 14.1. The van der Waals surface area contributed by atoms with Gasteiger partial charge in [-0.3, -0.25) is 15.2 Å². The summed E-state index contributed by atoms with van der Waals surface area (Å²) < 4.78 is 0. The molecule has 0 bridgehead atoms. The molecule has 0 spiro atoms. The minimum absolute atomic E-state index is 0.0801. The first-order chi connectivity index (χ1) is 11.7. The van der Waals surface area contributed by atoms with Crippen molar-refractivity contribution in [2.24, 2.45) is 9.98 Å². The van der Waals surface area contributed by atoms with Crippen molar-refractivity contribution in [1.82, 2.24) is 10.2 Å². The maximum absolute atomic E-state index is 11.5. The third-order valence-electron chi connectivity index (χ3n) is 4.78. The van der Waals surface area contributed by atoms with Gasteiger partial charge in [0.25, 0.3) is 5.82 Å². The van der Waals surface area contributed by atoms with Crippen LogP contribution in [-0.2, 0) is 0 Å². The second kappa shape index (κ2) is 8.17. The maximum Gasteiger partial charge on any atom is 0.359 e. The van der Waals surface area contributed by atoms with Crippen LogP contribution in [0.5, 0.6) is 0 Å². The van der Waals surface area contributed by atoms with Crippen LogP contribution in [0.1, 0.15) is 77.0 Å². The summed E-state index contributed by atoms with van der Waals surface area (Å²) in [5.74, 6) is 0.440. The van der Waals surface area contributed by atoms with Gasteiger partial charge in [0.05, 0.1) is 4.92 Å². The number of aromatic amines is 1. The third-order valence-corrected chi connectivity index (χ3v) is 4.78. The van der Waals surface area contributed by atoms with Gasteiger partial charge in [0.1, 0.15) is 0 Å². The average Bonchev–Trinajstić information content (AvgIpc) is 2.77. The Bertz CT molecular complexity index is 580. The van der Waals surface area contributed by atoms with Crippen LogP contribution in [0.15, 0.2) is 9.98 Å². The van der Waals surface area contributed by atoms with Gasteiger partial charge in [0.2, 0.25) is 5.82 Å². The molecule has 24 heavy (non-hydrogen) atoms. The normalized spacial score (nSPS) is 19.5. The standard InChI is InChI=1S/C17H25N5O2/c23-22(24)15-16(18-13-9-5-1-2-6-10-13)20-21-17(15)19-14-11-7-3-4-8-12-14/h1-12H2,(H,20,21). The maximum atomic E-state index is 11.5. The second-order valence-electron chi connectivity index (χ2n) is 6.69. The molecule has 2 saturated carbocycles. The van der Waals surface area contributed by atoms with E-state index in [2.05, 4.69) is 20.2 Å². The summed E-state index contributed by atoms with van der Waals surface area (Å²) in [5, 5.41) is 18.4. The Morgan fingerprint density at radius 3 is 1.83 bits per heavy atom. The third kappa shape index (κ3) is 4.27. The summed E-state index contributed by atoms with van der Waals surface area (Å²) in [6.45, 7) is 0. The lowest BCUT2D eigenvalue weighted by Gasteiger charge is -2.00. The lowest BCUT2D eigenvalue weighted by atomic mass is 10.2. The molecule has 0 aromatic carbocycles. The van der Waals surface area contributed by atoms with Crippen molar-refractivity contribution in [1.29, 1.82) is 0 Å². The molecule has 0 amide bonds. The smallest absolute Gasteiger partial charge is 0.258 e. The van der Waals surface area contributed by atoms with Crippen molar-refractivity contribution in [2.75, 3.05) is 0 Å². The lowest BCUT2D eigenvalue weighted by molar-refractivity contribution is -0.383. The van der Waals surface area contributed by atoms with Gasteiger partial charge < -0.3 is 0 Å². The number of hydrogen-bond donors (Lipinski definition) is 1. The van der Waals surface area contributed by atoms with Crippen molar-refractivity contribution in [3.05, 3.63) is 10.1 Å². The first kappa shape index (κ1) is 16.8. The SMILES string of the molecule is O=[N+]([O-])c1c(N=C2CCCCCC2)n[nH]c1N=C1CCCCCC1. The quantitative estimate of drug-likeness (QED) is 0.470. The van der Waals surface area contributed by atoms with Crippen molar-refractivity contribution in [2.45, 2.75) is 77.0 Å². The molecule has 0 radical (unpaired) electrons. The van der Waals surface area contributed by atoms with Crippen molar-refractivity contribution < 1.29 is 4.92 Å². The molecule has 3 rings (SSSR count). The Labute approximate surface area is 141 Å². The van der Waals surface area contributed by atoms with Gasteiger partial charge >= 0.3 is 5.69 Å². The van der Waals surface area contributed by atoms with Crippen LogP contribution in [0, 0.1) is 10.1 Å². The van der Waals surface area contributed by atoms with E-state index in [0.29, 0.717) is 0 Å². The van der Waals surface area contributed by atoms with E-state index in [9.17, 15) is 10.1 Å². The highest BCUT2D eigenvalue weighted by Gasteiger charge is 2.25. The molecular weight excluding hydrogens is 306 g/mol. The van der Waals surface area contributed by atoms with Crippen LogP contribution in [-0.4, -0.2) is 26.5 Å². The highest BCUT2D eigenvalue weighted by Crippen LogP contribution is 2.36. The fourth-order valence-corrected chi connectivity index (χ4v) is 3.45. The van der Waals surface area contributed by atoms with Crippen LogP contribution >= 0.6 is 0 Å². The Kier molecular flexibility index (Phi) is 5.72. The molecule has 2 aliphatic rings. The minimum Gasteiger partial charge on any atom is -0.258 e. The molecule has 1 aromatic rings. The number of aromatic nitrogens is 2. The highest BCUT2D eigenvalue weighted by atomic mass is 16.6. The summed E-state index contributed by atoms with van der Waals surface area (Å²) in [6.07, 6.45) is 12.9. The summed E-state index contributed by atoms with van der Waals surface area (Å²) in [6, 6.07) is 0. The predicted molar refractivity (Wildman–Crippen MR) is 94.8 cm³/mol. The minimum atomic E-state index is -0.407. The van der Waals surface area contributed by atoms with Crippen molar-refractivity contribution in [3.63, 3.8) is 0 Å². The van der Waals surface area contributed by atoms with E-state index in [-0.39, 0.29) is 17.3 Å². The van der Waals surface area contributed by atoms with E-state index < -0.39 is 4.92 Å². The predicted octanol–water partition coefficient (Wildman–Crippen LogP) is 5.17. The van der Waals surface area contributed by atoms with E-state index in [0.717, 1.165) is 62.8 Å². The van der Waals surface area contributed by atoms with E-state index >= 15 is 0 Å². The Hall–Kier alpha value is -2.05. The number of rotatable bonds is 3. The summed E-state index contributed by atoms with van der Waals surface area (Å²) >= 11 is 0. The van der Waals surface area contributed by atoms with Gasteiger partial charge in [-0.2, -0.15) is 0 Å². The zero-order chi connectivity index (χ0) is 16.8. The lowest BCUT2D eigenvalue weighted by Crippen LogP contribution is -1.96. The fourth-order valence-electron chi connectivity index (χ4n) is 3.45. The van der Waals surface area contributed by atoms with Crippen molar-refractivity contribution >= 4 is 28.7 Å². The molecule has 1 heterocycles. The highest BCUT2D eigenvalue weighted by molar-refractivity contribution is 5.90. The fraction of sp³-hybridized carbons (Fsp3) is 0.706. The van der Waals surface area contributed by atoms with E-state index in [4.69, 9.17) is 0 Å². The average molecular weight is 331 g/mol. The monoisotopic (exact) mass is 331 g/mol. The molecule has 1 N–H and O–H groups in total. The zero-order valence-corrected chi connectivity index (χ0v) is 14.1. The Morgan fingerprint density at radius 2 is 1.33 bits per heavy atom. The molecule has 130 valence electrons.